The molecule has 138 valence electrons. The Balaban J connectivity index is 0.000000758. The minimum Gasteiger partial charge on any atom is -0.483 e. The zero-order valence-electron chi connectivity index (χ0n) is 14.3. The largest absolute Gasteiger partial charge is 0.483 e. The molecule has 0 saturated heterocycles. The Morgan fingerprint density at radius 1 is 1.15 bits per heavy atom. The van der Waals surface area contributed by atoms with Gasteiger partial charge in [0.25, 0.3) is 6.47 Å². The summed E-state index contributed by atoms with van der Waals surface area (Å²) < 4.78 is 11.3. The lowest BCUT2D eigenvalue weighted by atomic mass is 10.2. The predicted molar refractivity (Wildman–Crippen MR) is 96.9 cm³/mol. The van der Waals surface area contributed by atoms with Crippen LogP contribution in [-0.2, 0) is 17.9 Å². The van der Waals surface area contributed by atoms with Crippen molar-refractivity contribution >= 4 is 24.1 Å². The smallest absolute Gasteiger partial charge is 0.315 e. The van der Waals surface area contributed by atoms with E-state index in [0.29, 0.717) is 30.0 Å². The first-order valence-electron chi connectivity index (χ1n) is 7.65. The summed E-state index contributed by atoms with van der Waals surface area (Å²) in [5.74, 6) is 2.14. The first kappa shape index (κ1) is 19.5. The van der Waals surface area contributed by atoms with Crippen LogP contribution in [0.15, 0.2) is 45.2 Å². The molecule has 0 aliphatic carbocycles. The molecule has 0 atom stereocenters. The normalized spacial score (nSPS) is 10.3. The average molecular weight is 379 g/mol. The van der Waals surface area contributed by atoms with Gasteiger partial charge in [0.1, 0.15) is 11.5 Å². The lowest BCUT2D eigenvalue weighted by Gasteiger charge is -2.03. The topological polar surface area (TPSA) is 105 Å². The number of carboxylic acid groups (broad SMARTS) is 1. The number of furan rings is 1. The summed E-state index contributed by atoms with van der Waals surface area (Å²) in [7, 11) is 3.89. The minimum atomic E-state index is -0.250. The van der Waals surface area contributed by atoms with E-state index < -0.39 is 0 Å². The molecular formula is C17H19ClN4O4. The van der Waals surface area contributed by atoms with Crippen LogP contribution in [-0.4, -0.2) is 40.8 Å². The Labute approximate surface area is 155 Å². The van der Waals surface area contributed by atoms with E-state index in [-0.39, 0.29) is 6.47 Å². The maximum Gasteiger partial charge on any atom is 0.315 e. The number of benzene rings is 1. The van der Waals surface area contributed by atoms with Crippen LogP contribution in [0.25, 0.3) is 11.3 Å². The van der Waals surface area contributed by atoms with Crippen LogP contribution in [0.1, 0.15) is 11.7 Å². The molecule has 0 aliphatic rings. The van der Waals surface area contributed by atoms with E-state index in [2.05, 4.69) is 15.5 Å². The van der Waals surface area contributed by atoms with Crippen molar-refractivity contribution in [1.29, 1.82) is 0 Å². The molecule has 26 heavy (non-hydrogen) atoms. The highest BCUT2D eigenvalue weighted by Gasteiger charge is 2.09. The van der Waals surface area contributed by atoms with E-state index >= 15 is 0 Å². The van der Waals surface area contributed by atoms with Crippen LogP contribution in [0.4, 0.5) is 6.01 Å². The summed E-state index contributed by atoms with van der Waals surface area (Å²) in [4.78, 5) is 10.3. The highest BCUT2D eigenvalue weighted by atomic mass is 35.5. The Bertz CT molecular complexity index is 814. The molecule has 0 radical (unpaired) electrons. The fourth-order valence-corrected chi connectivity index (χ4v) is 2.19. The third-order valence-electron chi connectivity index (χ3n) is 3.12. The molecule has 2 N–H and O–H groups in total. The third kappa shape index (κ3) is 5.91. The van der Waals surface area contributed by atoms with E-state index in [1.54, 1.807) is 0 Å². The van der Waals surface area contributed by atoms with Gasteiger partial charge in [-0.2, -0.15) is 0 Å². The molecule has 0 saturated carbocycles. The van der Waals surface area contributed by atoms with Crippen LogP contribution in [0, 0.1) is 0 Å². The van der Waals surface area contributed by atoms with Crippen molar-refractivity contribution < 1.29 is 18.7 Å². The summed E-state index contributed by atoms with van der Waals surface area (Å²) in [6.45, 7) is 0.827. The second-order valence-corrected chi connectivity index (χ2v) is 5.91. The van der Waals surface area contributed by atoms with Gasteiger partial charge < -0.3 is 24.2 Å². The number of carbonyl (C=O) groups is 1. The number of nitrogens with zero attached hydrogens (tertiary/aromatic N) is 3. The van der Waals surface area contributed by atoms with Crippen LogP contribution < -0.4 is 5.32 Å². The van der Waals surface area contributed by atoms with Gasteiger partial charge in [-0.25, -0.2) is 0 Å². The van der Waals surface area contributed by atoms with Crippen molar-refractivity contribution in [2.75, 3.05) is 19.4 Å². The number of aromatic nitrogens is 2. The molecule has 3 rings (SSSR count). The number of halogens is 1. The SMILES string of the molecule is CN(C)Cc1nnc(NCc2ccc(-c3ccc(Cl)cc3)o2)o1.O=CO. The fraction of sp³-hybridized carbons (Fsp3) is 0.235. The molecule has 2 heterocycles. The van der Waals surface area contributed by atoms with Gasteiger partial charge in [0.05, 0.1) is 13.1 Å². The van der Waals surface area contributed by atoms with Gasteiger partial charge in [0.15, 0.2) is 0 Å². The van der Waals surface area contributed by atoms with Gasteiger partial charge in [0.2, 0.25) is 5.89 Å². The molecule has 0 unspecified atom stereocenters. The summed E-state index contributed by atoms with van der Waals surface area (Å²) in [5, 5.41) is 18.6. The van der Waals surface area contributed by atoms with Gasteiger partial charge in [0, 0.05) is 10.6 Å². The quantitative estimate of drug-likeness (QED) is 0.629. The first-order valence-corrected chi connectivity index (χ1v) is 8.03. The van der Waals surface area contributed by atoms with Gasteiger partial charge in [-0.15, -0.1) is 5.10 Å². The Hall–Kier alpha value is -2.84. The zero-order chi connectivity index (χ0) is 18.9. The number of nitrogens with one attached hydrogen (secondary N) is 1. The second kappa shape index (κ2) is 9.59. The second-order valence-electron chi connectivity index (χ2n) is 5.47. The van der Waals surface area contributed by atoms with Crippen molar-refractivity contribution in [1.82, 2.24) is 15.1 Å². The molecule has 9 heteroatoms. The van der Waals surface area contributed by atoms with Gasteiger partial charge in [-0.05, 0) is 50.5 Å². The summed E-state index contributed by atoms with van der Waals surface area (Å²) in [5.41, 5.74) is 0.978. The van der Waals surface area contributed by atoms with Crippen LogP contribution in [0.5, 0.6) is 0 Å². The molecule has 0 fully saturated rings. The maximum absolute atomic E-state index is 8.36. The molecule has 0 spiro atoms. The molecule has 1 aromatic carbocycles. The fourth-order valence-electron chi connectivity index (χ4n) is 2.06. The molecule has 2 aromatic heterocycles. The van der Waals surface area contributed by atoms with Crippen molar-refractivity contribution in [2.45, 2.75) is 13.1 Å². The molecule has 8 nitrogen and oxygen atoms in total. The highest BCUT2D eigenvalue weighted by molar-refractivity contribution is 6.30. The van der Waals surface area contributed by atoms with Gasteiger partial charge >= 0.3 is 6.01 Å². The van der Waals surface area contributed by atoms with Gasteiger partial charge in [-0.3, -0.25) is 4.79 Å². The standard InChI is InChI=1S/C16H17ClN4O2.CH2O2/c1-21(2)10-15-19-20-16(23-15)18-9-13-7-8-14(22-13)11-3-5-12(17)6-4-11;2-1-3/h3-8H,9-10H2,1-2H3,(H,18,20);1H,(H,2,3). The van der Waals surface area contributed by atoms with Crippen LogP contribution in [0.3, 0.4) is 0 Å². The van der Waals surface area contributed by atoms with Crippen LogP contribution in [0.2, 0.25) is 5.02 Å². The van der Waals surface area contributed by atoms with E-state index in [0.717, 1.165) is 17.1 Å². The number of rotatable bonds is 6. The van der Waals surface area contributed by atoms with E-state index in [4.69, 9.17) is 30.3 Å². The van der Waals surface area contributed by atoms with Crippen molar-refractivity contribution in [3.8, 4) is 11.3 Å². The van der Waals surface area contributed by atoms with Crippen molar-refractivity contribution in [2.24, 2.45) is 0 Å². The molecule has 0 amide bonds. The molecule has 0 aliphatic heterocycles. The highest BCUT2D eigenvalue weighted by Crippen LogP contribution is 2.24. The lowest BCUT2D eigenvalue weighted by Crippen LogP contribution is -2.10. The number of anilines is 1. The number of hydrogen-bond acceptors (Lipinski definition) is 7. The van der Waals surface area contributed by atoms with Crippen molar-refractivity contribution in [3.63, 3.8) is 0 Å². The first-order chi connectivity index (χ1) is 12.5. The third-order valence-corrected chi connectivity index (χ3v) is 3.37. The monoisotopic (exact) mass is 378 g/mol. The predicted octanol–water partition coefficient (Wildman–Crippen LogP) is 3.36. The van der Waals surface area contributed by atoms with Gasteiger partial charge in [-0.1, -0.05) is 16.7 Å². The molecule has 0 bridgehead atoms. The van der Waals surface area contributed by atoms with E-state index in [9.17, 15) is 0 Å². The van der Waals surface area contributed by atoms with Crippen LogP contribution >= 0.6 is 11.6 Å². The van der Waals surface area contributed by atoms with E-state index in [1.165, 1.54) is 0 Å². The Morgan fingerprint density at radius 3 is 2.50 bits per heavy atom. The molecule has 3 aromatic rings. The number of hydrogen-bond donors (Lipinski definition) is 2. The van der Waals surface area contributed by atoms with E-state index in [1.807, 2.05) is 55.4 Å². The zero-order valence-corrected chi connectivity index (χ0v) is 15.1. The minimum absolute atomic E-state index is 0.250. The lowest BCUT2D eigenvalue weighted by molar-refractivity contribution is -0.122. The Morgan fingerprint density at radius 2 is 1.85 bits per heavy atom. The van der Waals surface area contributed by atoms with Crippen molar-refractivity contribution in [3.05, 3.63) is 53.1 Å². The average Bonchev–Trinajstić information content (AvgIpc) is 3.23. The summed E-state index contributed by atoms with van der Waals surface area (Å²) in [6.07, 6.45) is 0. The Kier molecular flexibility index (Phi) is 7.19. The molecular weight excluding hydrogens is 360 g/mol. The summed E-state index contributed by atoms with van der Waals surface area (Å²) in [6, 6.07) is 11.7. The summed E-state index contributed by atoms with van der Waals surface area (Å²) >= 11 is 5.89. The maximum atomic E-state index is 8.36.